The molecule has 0 N–H and O–H groups in total. The number of carbonyl (C=O) groups excluding carboxylic acids is 2. The summed E-state index contributed by atoms with van der Waals surface area (Å²) in [6.07, 6.45) is 3.10. The summed E-state index contributed by atoms with van der Waals surface area (Å²) in [6.45, 7) is 0. The highest BCUT2D eigenvalue weighted by atomic mass is 35.5. The molecule has 6 heteroatoms. The van der Waals surface area contributed by atoms with Gasteiger partial charge in [0.25, 0.3) is 0 Å². The van der Waals surface area contributed by atoms with E-state index in [0.29, 0.717) is 26.9 Å². The average Bonchev–Trinajstić information content (AvgIpc) is 2.73. The Labute approximate surface area is 178 Å². The van der Waals surface area contributed by atoms with Crippen LogP contribution < -0.4 is 9.47 Å². The van der Waals surface area contributed by atoms with Gasteiger partial charge in [-0.05, 0) is 60.2 Å². The Bertz CT molecular complexity index is 1070. The molecule has 146 valence electrons. The molecule has 0 amide bonds. The highest BCUT2D eigenvalue weighted by Crippen LogP contribution is 2.30. The first-order valence-electron chi connectivity index (χ1n) is 8.60. The zero-order chi connectivity index (χ0) is 20.8. The standard InChI is InChI=1S/C23H16Cl2O4/c1-28-22-14-15(6-12-20(26)16-8-10-17(24)11-9-16)7-13-21(22)29-23(27)18-4-2-3-5-19(18)25/h2-14H,1H3/b12-6+. The summed E-state index contributed by atoms with van der Waals surface area (Å²) >= 11 is 11.9. The number of ether oxygens (including phenoxy) is 2. The monoisotopic (exact) mass is 426 g/mol. The van der Waals surface area contributed by atoms with Crippen LogP contribution in [0.2, 0.25) is 10.0 Å². The van der Waals surface area contributed by atoms with Gasteiger partial charge in [0.15, 0.2) is 17.3 Å². The minimum atomic E-state index is -0.588. The normalized spacial score (nSPS) is 10.7. The quantitative estimate of drug-likeness (QED) is 0.206. The number of halogens is 2. The summed E-state index contributed by atoms with van der Waals surface area (Å²) in [5, 5.41) is 0.869. The van der Waals surface area contributed by atoms with Gasteiger partial charge in [0.1, 0.15) is 0 Å². The maximum Gasteiger partial charge on any atom is 0.345 e. The van der Waals surface area contributed by atoms with Crippen LogP contribution >= 0.6 is 23.2 Å². The molecule has 0 atom stereocenters. The number of allylic oxidation sites excluding steroid dienone is 1. The summed E-state index contributed by atoms with van der Waals surface area (Å²) in [4.78, 5) is 24.6. The fourth-order valence-electron chi connectivity index (χ4n) is 2.54. The predicted molar refractivity (Wildman–Crippen MR) is 114 cm³/mol. The second-order valence-electron chi connectivity index (χ2n) is 5.98. The van der Waals surface area contributed by atoms with Gasteiger partial charge >= 0.3 is 5.97 Å². The van der Waals surface area contributed by atoms with Crippen molar-refractivity contribution in [2.75, 3.05) is 7.11 Å². The van der Waals surface area contributed by atoms with Crippen LogP contribution in [0.3, 0.4) is 0 Å². The predicted octanol–water partition coefficient (Wildman–Crippen LogP) is 6.12. The van der Waals surface area contributed by atoms with Gasteiger partial charge in [-0.3, -0.25) is 4.79 Å². The summed E-state index contributed by atoms with van der Waals surface area (Å²) in [7, 11) is 1.47. The number of benzene rings is 3. The SMILES string of the molecule is COc1cc(/C=C/C(=O)c2ccc(Cl)cc2)ccc1OC(=O)c1ccccc1Cl. The Balaban J connectivity index is 1.76. The average molecular weight is 427 g/mol. The number of hydrogen-bond acceptors (Lipinski definition) is 4. The molecule has 4 nitrogen and oxygen atoms in total. The smallest absolute Gasteiger partial charge is 0.345 e. The van der Waals surface area contributed by atoms with Crippen LogP contribution in [0.1, 0.15) is 26.3 Å². The molecule has 0 radical (unpaired) electrons. The van der Waals surface area contributed by atoms with Gasteiger partial charge in [-0.25, -0.2) is 4.79 Å². The van der Waals surface area contributed by atoms with Crippen LogP contribution in [0.5, 0.6) is 11.5 Å². The molecule has 0 aliphatic rings. The second-order valence-corrected chi connectivity index (χ2v) is 6.83. The van der Waals surface area contributed by atoms with Gasteiger partial charge in [-0.1, -0.05) is 47.5 Å². The van der Waals surface area contributed by atoms with Gasteiger partial charge in [0.05, 0.1) is 17.7 Å². The van der Waals surface area contributed by atoms with Crippen LogP contribution in [0.15, 0.2) is 72.8 Å². The molecule has 0 aliphatic carbocycles. The molecule has 0 spiro atoms. The first kappa shape index (κ1) is 20.6. The van der Waals surface area contributed by atoms with Crippen LogP contribution in [-0.4, -0.2) is 18.9 Å². The Morgan fingerprint density at radius 3 is 2.31 bits per heavy atom. The Morgan fingerprint density at radius 1 is 0.897 bits per heavy atom. The van der Waals surface area contributed by atoms with Crippen LogP contribution in [0.25, 0.3) is 6.08 Å². The van der Waals surface area contributed by atoms with Gasteiger partial charge in [-0.15, -0.1) is 0 Å². The lowest BCUT2D eigenvalue weighted by atomic mass is 10.1. The number of hydrogen-bond donors (Lipinski definition) is 0. The first-order chi connectivity index (χ1) is 14.0. The zero-order valence-corrected chi connectivity index (χ0v) is 16.9. The molecule has 3 aromatic carbocycles. The fourth-order valence-corrected chi connectivity index (χ4v) is 2.87. The lowest BCUT2D eigenvalue weighted by molar-refractivity contribution is 0.0729. The number of rotatable bonds is 6. The maximum atomic E-state index is 12.4. The molecule has 0 saturated carbocycles. The Hall–Kier alpha value is -3.08. The lowest BCUT2D eigenvalue weighted by Gasteiger charge is -2.10. The van der Waals surface area contributed by atoms with Crippen LogP contribution in [-0.2, 0) is 0 Å². The van der Waals surface area contributed by atoms with Crippen molar-refractivity contribution >= 4 is 41.0 Å². The molecule has 0 heterocycles. The van der Waals surface area contributed by atoms with Gasteiger partial charge in [-0.2, -0.15) is 0 Å². The molecule has 3 aromatic rings. The van der Waals surface area contributed by atoms with Crippen LogP contribution in [0.4, 0.5) is 0 Å². The summed E-state index contributed by atoms with van der Waals surface area (Å²) in [6, 6.07) is 18.2. The van der Waals surface area contributed by atoms with Crippen molar-refractivity contribution in [1.29, 1.82) is 0 Å². The van der Waals surface area contributed by atoms with E-state index in [2.05, 4.69) is 0 Å². The molecule has 3 rings (SSSR count). The van der Waals surface area contributed by atoms with Crippen molar-refractivity contribution in [3.05, 3.63) is 99.5 Å². The van der Waals surface area contributed by atoms with E-state index >= 15 is 0 Å². The third-order valence-corrected chi connectivity index (χ3v) is 4.62. The van der Waals surface area contributed by atoms with Crippen molar-refractivity contribution in [3.8, 4) is 11.5 Å². The van der Waals surface area contributed by atoms with Gasteiger partial charge < -0.3 is 9.47 Å². The highest BCUT2D eigenvalue weighted by Gasteiger charge is 2.15. The molecule has 29 heavy (non-hydrogen) atoms. The van der Waals surface area contributed by atoms with E-state index in [9.17, 15) is 9.59 Å². The number of esters is 1. The molecular formula is C23H16Cl2O4. The topological polar surface area (TPSA) is 52.6 Å². The van der Waals surface area contributed by atoms with E-state index < -0.39 is 5.97 Å². The number of ketones is 1. The maximum absolute atomic E-state index is 12.4. The molecule has 0 saturated heterocycles. The van der Waals surface area contributed by atoms with Crippen molar-refractivity contribution in [2.24, 2.45) is 0 Å². The summed E-state index contributed by atoms with van der Waals surface area (Å²) < 4.78 is 10.7. The van der Waals surface area contributed by atoms with E-state index in [4.69, 9.17) is 32.7 Å². The number of carbonyl (C=O) groups is 2. The molecule has 0 fully saturated rings. The van der Waals surface area contributed by atoms with Crippen LogP contribution in [0, 0.1) is 0 Å². The van der Waals surface area contributed by atoms with E-state index in [-0.39, 0.29) is 17.1 Å². The van der Waals surface area contributed by atoms with Gasteiger partial charge in [0.2, 0.25) is 0 Å². The lowest BCUT2D eigenvalue weighted by Crippen LogP contribution is -2.09. The van der Waals surface area contributed by atoms with Crippen molar-refractivity contribution in [3.63, 3.8) is 0 Å². The van der Waals surface area contributed by atoms with E-state index in [0.717, 1.165) is 0 Å². The first-order valence-corrected chi connectivity index (χ1v) is 9.36. The summed E-state index contributed by atoms with van der Waals surface area (Å²) in [5.41, 5.74) is 1.50. The largest absolute Gasteiger partial charge is 0.493 e. The van der Waals surface area contributed by atoms with Gasteiger partial charge in [0, 0.05) is 10.6 Å². The van der Waals surface area contributed by atoms with E-state index in [1.54, 1.807) is 72.8 Å². The molecule has 0 aromatic heterocycles. The fraction of sp³-hybridized carbons (Fsp3) is 0.0435. The zero-order valence-electron chi connectivity index (χ0n) is 15.4. The molecular weight excluding hydrogens is 411 g/mol. The highest BCUT2D eigenvalue weighted by molar-refractivity contribution is 6.33. The van der Waals surface area contributed by atoms with Crippen molar-refractivity contribution in [1.82, 2.24) is 0 Å². The third-order valence-electron chi connectivity index (χ3n) is 4.04. The minimum Gasteiger partial charge on any atom is -0.493 e. The Morgan fingerprint density at radius 2 is 1.62 bits per heavy atom. The summed E-state index contributed by atoms with van der Waals surface area (Å²) in [5.74, 6) is -0.143. The van der Waals surface area contributed by atoms with Crippen molar-refractivity contribution < 1.29 is 19.1 Å². The Kier molecular flexibility index (Phi) is 6.70. The third kappa shape index (κ3) is 5.25. The molecule has 0 aliphatic heterocycles. The number of methoxy groups -OCH3 is 1. The van der Waals surface area contributed by atoms with E-state index in [1.807, 2.05) is 0 Å². The second kappa shape index (κ2) is 9.41. The van der Waals surface area contributed by atoms with Crippen molar-refractivity contribution in [2.45, 2.75) is 0 Å². The minimum absolute atomic E-state index is 0.158. The molecule has 0 bridgehead atoms. The molecule has 0 unspecified atom stereocenters. The van der Waals surface area contributed by atoms with E-state index in [1.165, 1.54) is 13.2 Å².